The Kier molecular flexibility index (Phi) is 4.26. The SMILES string of the molecule is CS(=O)(=O)Nc1cnccc1Nc1nc(Cl)ncc1Cl. The minimum absolute atomic E-state index is 0.0172. The number of sulfonamides is 1. The minimum atomic E-state index is -3.43. The number of nitrogens with zero attached hydrogens (tertiary/aromatic N) is 3. The molecule has 2 rings (SSSR count). The quantitative estimate of drug-likeness (QED) is 0.833. The summed E-state index contributed by atoms with van der Waals surface area (Å²) in [6, 6.07) is 1.57. The first-order valence-electron chi connectivity index (χ1n) is 5.22. The van der Waals surface area contributed by atoms with E-state index in [4.69, 9.17) is 23.2 Å². The molecule has 7 nitrogen and oxygen atoms in total. The molecule has 106 valence electrons. The van der Waals surface area contributed by atoms with Crippen LogP contribution in [0.1, 0.15) is 0 Å². The van der Waals surface area contributed by atoms with Gasteiger partial charge in [-0.2, -0.15) is 4.98 Å². The Morgan fingerprint density at radius 1 is 1.20 bits per heavy atom. The minimum Gasteiger partial charge on any atom is -0.337 e. The van der Waals surface area contributed by atoms with Gasteiger partial charge in [-0.1, -0.05) is 11.6 Å². The zero-order chi connectivity index (χ0) is 14.8. The Labute approximate surface area is 125 Å². The normalized spacial score (nSPS) is 11.2. The summed E-state index contributed by atoms with van der Waals surface area (Å²) in [6.07, 6.45) is 5.23. The van der Waals surface area contributed by atoms with Crippen molar-refractivity contribution in [1.82, 2.24) is 15.0 Å². The first-order chi connectivity index (χ1) is 9.35. The fourth-order valence-corrected chi connectivity index (χ4v) is 2.18. The van der Waals surface area contributed by atoms with E-state index in [1.54, 1.807) is 6.07 Å². The predicted octanol–water partition coefficient (Wildman–Crippen LogP) is 2.29. The highest BCUT2D eigenvalue weighted by Gasteiger charge is 2.10. The van der Waals surface area contributed by atoms with Gasteiger partial charge in [0.2, 0.25) is 15.3 Å². The van der Waals surface area contributed by atoms with Crippen LogP contribution in [0, 0.1) is 0 Å². The Hall–Kier alpha value is -1.64. The lowest BCUT2D eigenvalue weighted by atomic mass is 10.3. The molecule has 2 aromatic rings. The van der Waals surface area contributed by atoms with Crippen molar-refractivity contribution in [2.75, 3.05) is 16.3 Å². The van der Waals surface area contributed by atoms with Gasteiger partial charge >= 0.3 is 0 Å². The van der Waals surface area contributed by atoms with E-state index in [2.05, 4.69) is 25.0 Å². The van der Waals surface area contributed by atoms with Crippen LogP contribution in [0.3, 0.4) is 0 Å². The second-order valence-corrected chi connectivity index (χ2v) is 6.25. The van der Waals surface area contributed by atoms with Crippen LogP contribution in [0.5, 0.6) is 0 Å². The second kappa shape index (κ2) is 5.78. The number of rotatable bonds is 4. The maximum absolute atomic E-state index is 11.3. The van der Waals surface area contributed by atoms with Crippen LogP contribution in [0.25, 0.3) is 0 Å². The Balaban J connectivity index is 2.36. The number of aromatic nitrogens is 3. The van der Waals surface area contributed by atoms with Crippen LogP contribution in [0.4, 0.5) is 17.2 Å². The third-order valence-electron chi connectivity index (χ3n) is 2.08. The molecular formula is C10H9Cl2N5O2S. The third kappa shape index (κ3) is 3.92. The molecule has 2 aromatic heterocycles. The van der Waals surface area contributed by atoms with Crippen molar-refractivity contribution in [3.05, 3.63) is 35.0 Å². The molecule has 0 fully saturated rings. The molecule has 0 aliphatic heterocycles. The number of nitrogens with one attached hydrogen (secondary N) is 2. The van der Waals surface area contributed by atoms with Gasteiger partial charge in [-0.15, -0.1) is 0 Å². The van der Waals surface area contributed by atoms with Crippen molar-refractivity contribution in [3.63, 3.8) is 0 Å². The summed E-state index contributed by atoms with van der Waals surface area (Å²) in [7, 11) is -3.43. The van der Waals surface area contributed by atoms with E-state index < -0.39 is 10.0 Å². The van der Waals surface area contributed by atoms with E-state index >= 15 is 0 Å². The first kappa shape index (κ1) is 14.8. The van der Waals surface area contributed by atoms with Crippen molar-refractivity contribution >= 4 is 50.4 Å². The monoisotopic (exact) mass is 333 g/mol. The molecule has 20 heavy (non-hydrogen) atoms. The molecule has 0 saturated carbocycles. The van der Waals surface area contributed by atoms with Crippen LogP contribution < -0.4 is 10.0 Å². The van der Waals surface area contributed by atoms with Crippen molar-refractivity contribution in [2.24, 2.45) is 0 Å². The number of anilines is 3. The molecule has 0 aliphatic rings. The molecule has 0 saturated heterocycles. The van der Waals surface area contributed by atoms with Crippen molar-refractivity contribution in [1.29, 1.82) is 0 Å². The molecule has 0 aliphatic carbocycles. The van der Waals surface area contributed by atoms with Crippen LogP contribution >= 0.6 is 23.2 Å². The summed E-state index contributed by atoms with van der Waals surface area (Å²) >= 11 is 11.6. The van der Waals surface area contributed by atoms with Gasteiger partial charge in [0.05, 0.1) is 30.0 Å². The first-order valence-corrected chi connectivity index (χ1v) is 7.87. The van der Waals surface area contributed by atoms with Crippen molar-refractivity contribution < 1.29 is 8.42 Å². The fraction of sp³-hybridized carbons (Fsp3) is 0.100. The number of hydrogen-bond acceptors (Lipinski definition) is 6. The van der Waals surface area contributed by atoms with Gasteiger partial charge in [-0.25, -0.2) is 13.4 Å². The van der Waals surface area contributed by atoms with Gasteiger partial charge < -0.3 is 5.32 Å². The average molecular weight is 334 g/mol. The second-order valence-electron chi connectivity index (χ2n) is 3.76. The molecule has 0 radical (unpaired) electrons. The maximum Gasteiger partial charge on any atom is 0.229 e. The van der Waals surface area contributed by atoms with Gasteiger partial charge in [0.25, 0.3) is 0 Å². The van der Waals surface area contributed by atoms with Crippen molar-refractivity contribution in [3.8, 4) is 0 Å². The molecule has 2 heterocycles. The molecular weight excluding hydrogens is 325 g/mol. The van der Waals surface area contributed by atoms with E-state index in [0.717, 1.165) is 6.26 Å². The topological polar surface area (TPSA) is 96.9 Å². The number of pyridine rings is 1. The highest BCUT2D eigenvalue weighted by molar-refractivity contribution is 7.92. The Bertz CT molecular complexity index is 738. The number of halogens is 2. The van der Waals surface area contributed by atoms with Gasteiger partial charge in [0, 0.05) is 6.20 Å². The lowest BCUT2D eigenvalue weighted by Gasteiger charge is -2.12. The summed E-state index contributed by atoms with van der Waals surface area (Å²) in [5.74, 6) is 0.259. The van der Waals surface area contributed by atoms with E-state index in [0.29, 0.717) is 5.69 Å². The molecule has 0 spiro atoms. The molecule has 0 amide bonds. The summed E-state index contributed by atoms with van der Waals surface area (Å²) < 4.78 is 24.9. The molecule has 0 aromatic carbocycles. The van der Waals surface area contributed by atoms with E-state index in [-0.39, 0.29) is 21.8 Å². The highest BCUT2D eigenvalue weighted by atomic mass is 35.5. The molecule has 0 atom stereocenters. The largest absolute Gasteiger partial charge is 0.337 e. The Morgan fingerprint density at radius 2 is 1.95 bits per heavy atom. The van der Waals surface area contributed by atoms with Crippen LogP contribution in [0.15, 0.2) is 24.7 Å². The Morgan fingerprint density at radius 3 is 2.65 bits per heavy atom. The van der Waals surface area contributed by atoms with Gasteiger partial charge in [0.1, 0.15) is 5.02 Å². The van der Waals surface area contributed by atoms with Gasteiger partial charge in [0.15, 0.2) is 5.82 Å². The van der Waals surface area contributed by atoms with Crippen LogP contribution in [0.2, 0.25) is 10.3 Å². The summed E-state index contributed by atoms with van der Waals surface area (Å²) in [4.78, 5) is 11.5. The number of hydrogen-bond donors (Lipinski definition) is 2. The molecule has 2 N–H and O–H groups in total. The standard InChI is InChI=1S/C10H9Cl2N5O2S/c1-20(18,19)17-8-5-13-3-2-7(8)15-9-6(11)4-14-10(12)16-9/h2-5,17H,1H3,(H,13,14,15,16). The van der Waals surface area contributed by atoms with Crippen LogP contribution in [-0.4, -0.2) is 29.6 Å². The smallest absolute Gasteiger partial charge is 0.229 e. The molecule has 0 bridgehead atoms. The van der Waals surface area contributed by atoms with Crippen LogP contribution in [-0.2, 0) is 10.0 Å². The van der Waals surface area contributed by atoms with E-state index in [1.165, 1.54) is 18.6 Å². The van der Waals surface area contributed by atoms with Gasteiger partial charge in [-0.05, 0) is 17.7 Å². The summed E-state index contributed by atoms with van der Waals surface area (Å²) in [6.45, 7) is 0. The molecule has 0 unspecified atom stereocenters. The highest BCUT2D eigenvalue weighted by Crippen LogP contribution is 2.28. The average Bonchev–Trinajstić information content (AvgIpc) is 2.34. The van der Waals surface area contributed by atoms with E-state index in [1.807, 2.05) is 0 Å². The molecule has 10 heteroatoms. The lowest BCUT2D eigenvalue weighted by molar-refractivity contribution is 0.607. The maximum atomic E-state index is 11.3. The zero-order valence-corrected chi connectivity index (χ0v) is 12.5. The van der Waals surface area contributed by atoms with E-state index in [9.17, 15) is 8.42 Å². The predicted molar refractivity (Wildman–Crippen MR) is 78.0 cm³/mol. The summed E-state index contributed by atoms with van der Waals surface area (Å²) in [5, 5.41) is 3.13. The third-order valence-corrected chi connectivity index (χ3v) is 3.13. The summed E-state index contributed by atoms with van der Waals surface area (Å²) in [5.41, 5.74) is 0.697. The fourth-order valence-electron chi connectivity index (χ4n) is 1.35. The zero-order valence-electron chi connectivity index (χ0n) is 10.1. The van der Waals surface area contributed by atoms with Gasteiger partial charge in [-0.3, -0.25) is 9.71 Å². The van der Waals surface area contributed by atoms with Crippen molar-refractivity contribution in [2.45, 2.75) is 0 Å². The lowest BCUT2D eigenvalue weighted by Crippen LogP contribution is -2.11.